The minimum absolute atomic E-state index is 0.0821. The average Bonchev–Trinajstić information content (AvgIpc) is 2.75. The van der Waals surface area contributed by atoms with E-state index in [9.17, 15) is 4.79 Å². The van der Waals surface area contributed by atoms with Crippen LogP contribution >= 0.6 is 0 Å². The summed E-state index contributed by atoms with van der Waals surface area (Å²) in [7, 11) is 1.90. The van der Waals surface area contributed by atoms with E-state index in [-0.39, 0.29) is 5.78 Å². The van der Waals surface area contributed by atoms with Gasteiger partial charge in [-0.05, 0) is 18.6 Å². The summed E-state index contributed by atoms with van der Waals surface area (Å²) in [6.45, 7) is 2.26. The van der Waals surface area contributed by atoms with E-state index in [1.807, 2.05) is 43.2 Å². The van der Waals surface area contributed by atoms with Gasteiger partial charge in [0.2, 0.25) is 0 Å². The summed E-state index contributed by atoms with van der Waals surface area (Å²) in [6, 6.07) is 1.82. The molecule has 0 aliphatic heterocycles. The van der Waals surface area contributed by atoms with E-state index in [1.165, 1.54) is 0 Å². The van der Waals surface area contributed by atoms with E-state index < -0.39 is 0 Å². The van der Waals surface area contributed by atoms with Crippen molar-refractivity contribution in [3.8, 4) is 0 Å². The zero-order valence-corrected chi connectivity index (χ0v) is 8.84. The topological polar surface area (TPSA) is 39.8 Å². The summed E-state index contributed by atoms with van der Waals surface area (Å²) in [5.41, 5.74) is 1.79. The van der Waals surface area contributed by atoms with Crippen molar-refractivity contribution < 1.29 is 4.79 Å². The number of nitrogens with zero attached hydrogens (tertiary/aromatic N) is 3. The number of Topliss-reactive ketones (excluding diaryl/α,β-unsaturated/α-hetero) is 1. The van der Waals surface area contributed by atoms with Crippen molar-refractivity contribution in [2.24, 2.45) is 7.05 Å². The van der Waals surface area contributed by atoms with Crippen LogP contribution in [0, 0.1) is 6.92 Å². The molecule has 4 heteroatoms. The molecule has 2 rings (SSSR count). The third kappa shape index (κ3) is 2.15. The average molecular weight is 203 g/mol. The molecule has 0 aliphatic rings. The first-order valence-electron chi connectivity index (χ1n) is 4.79. The van der Waals surface area contributed by atoms with Crippen LogP contribution in [-0.4, -0.2) is 20.1 Å². The van der Waals surface area contributed by atoms with Gasteiger partial charge in [-0.3, -0.25) is 9.48 Å². The first-order chi connectivity index (χ1) is 7.15. The molecule has 0 saturated carbocycles. The number of rotatable bonds is 3. The van der Waals surface area contributed by atoms with Gasteiger partial charge in [0.15, 0.2) is 5.78 Å². The number of carbonyl (C=O) groups is 1. The van der Waals surface area contributed by atoms with Crippen LogP contribution < -0.4 is 0 Å². The van der Waals surface area contributed by atoms with E-state index in [0.29, 0.717) is 6.54 Å². The van der Waals surface area contributed by atoms with Gasteiger partial charge in [-0.1, -0.05) is 0 Å². The van der Waals surface area contributed by atoms with Crippen LogP contribution in [0.2, 0.25) is 0 Å². The molecule has 4 nitrogen and oxygen atoms in total. The Labute approximate surface area is 88.1 Å². The molecule has 0 aromatic carbocycles. The zero-order chi connectivity index (χ0) is 10.8. The Morgan fingerprint density at radius 2 is 2.27 bits per heavy atom. The molecule has 0 fully saturated rings. The first-order valence-corrected chi connectivity index (χ1v) is 4.79. The fourth-order valence-corrected chi connectivity index (χ4v) is 1.46. The molecule has 78 valence electrons. The SMILES string of the molecule is Cc1cnn(CC(=O)c2ccn(C)c2)c1. The highest BCUT2D eigenvalue weighted by Gasteiger charge is 2.07. The van der Waals surface area contributed by atoms with Gasteiger partial charge in [-0.2, -0.15) is 5.10 Å². The van der Waals surface area contributed by atoms with Crippen LogP contribution in [-0.2, 0) is 13.6 Å². The lowest BCUT2D eigenvalue weighted by Gasteiger charge is -1.98. The minimum atomic E-state index is 0.0821. The van der Waals surface area contributed by atoms with Gasteiger partial charge in [0.05, 0.1) is 6.20 Å². The number of ketones is 1. The Balaban J connectivity index is 2.10. The van der Waals surface area contributed by atoms with E-state index in [4.69, 9.17) is 0 Å². The molecule has 0 amide bonds. The van der Waals surface area contributed by atoms with E-state index in [0.717, 1.165) is 11.1 Å². The summed E-state index contributed by atoms with van der Waals surface area (Å²) >= 11 is 0. The molecule has 0 unspecified atom stereocenters. The molecule has 0 atom stereocenters. The molecule has 0 radical (unpaired) electrons. The highest BCUT2D eigenvalue weighted by Crippen LogP contribution is 2.03. The largest absolute Gasteiger partial charge is 0.357 e. The standard InChI is InChI=1S/C11H13N3O/c1-9-5-12-14(6-9)8-11(15)10-3-4-13(2)7-10/h3-7H,8H2,1-2H3. The third-order valence-electron chi connectivity index (χ3n) is 2.22. The molecule has 2 aromatic heterocycles. The minimum Gasteiger partial charge on any atom is -0.357 e. The first kappa shape index (κ1) is 9.71. The molecule has 0 spiro atoms. The molecule has 0 bridgehead atoms. The van der Waals surface area contributed by atoms with Crippen LogP contribution in [0.5, 0.6) is 0 Å². The Kier molecular flexibility index (Phi) is 2.41. The molecular weight excluding hydrogens is 190 g/mol. The second kappa shape index (κ2) is 3.73. The van der Waals surface area contributed by atoms with Crippen molar-refractivity contribution in [1.29, 1.82) is 0 Å². The van der Waals surface area contributed by atoms with Gasteiger partial charge in [0, 0.05) is 31.2 Å². The summed E-state index contributed by atoms with van der Waals surface area (Å²) in [4.78, 5) is 11.8. The second-order valence-corrected chi connectivity index (χ2v) is 3.70. The Bertz CT molecular complexity index is 481. The summed E-state index contributed by atoms with van der Waals surface area (Å²) in [6.07, 6.45) is 7.29. The lowest BCUT2D eigenvalue weighted by molar-refractivity contribution is 0.0967. The number of carbonyl (C=O) groups excluding carboxylic acids is 1. The predicted octanol–water partition coefficient (Wildman–Crippen LogP) is 1.41. The number of aromatic nitrogens is 3. The number of hydrogen-bond donors (Lipinski definition) is 0. The number of hydrogen-bond acceptors (Lipinski definition) is 2. The smallest absolute Gasteiger partial charge is 0.185 e. The Morgan fingerprint density at radius 1 is 1.47 bits per heavy atom. The summed E-state index contributed by atoms with van der Waals surface area (Å²) in [5.74, 6) is 0.0821. The van der Waals surface area contributed by atoms with Crippen molar-refractivity contribution in [2.75, 3.05) is 0 Å². The lowest BCUT2D eigenvalue weighted by Crippen LogP contribution is -2.10. The lowest BCUT2D eigenvalue weighted by atomic mass is 10.2. The maximum absolute atomic E-state index is 11.8. The molecule has 2 aromatic rings. The molecule has 2 heterocycles. The van der Waals surface area contributed by atoms with Crippen molar-refractivity contribution >= 4 is 5.78 Å². The summed E-state index contributed by atoms with van der Waals surface area (Å²) < 4.78 is 3.52. The highest BCUT2D eigenvalue weighted by atomic mass is 16.1. The van der Waals surface area contributed by atoms with E-state index in [1.54, 1.807) is 10.9 Å². The molecule has 0 aliphatic carbocycles. The van der Waals surface area contributed by atoms with Gasteiger partial charge in [-0.15, -0.1) is 0 Å². The van der Waals surface area contributed by atoms with E-state index >= 15 is 0 Å². The molecular formula is C11H13N3O. The van der Waals surface area contributed by atoms with Crippen molar-refractivity contribution in [3.05, 3.63) is 42.0 Å². The van der Waals surface area contributed by atoms with Crippen molar-refractivity contribution in [1.82, 2.24) is 14.3 Å². The Hall–Kier alpha value is -1.84. The van der Waals surface area contributed by atoms with Crippen LogP contribution in [0.15, 0.2) is 30.9 Å². The van der Waals surface area contributed by atoms with Crippen LogP contribution in [0.1, 0.15) is 15.9 Å². The summed E-state index contributed by atoms with van der Waals surface area (Å²) in [5, 5.41) is 4.08. The van der Waals surface area contributed by atoms with Crippen LogP contribution in [0.4, 0.5) is 0 Å². The predicted molar refractivity (Wildman–Crippen MR) is 56.7 cm³/mol. The normalized spacial score (nSPS) is 10.5. The second-order valence-electron chi connectivity index (χ2n) is 3.70. The highest BCUT2D eigenvalue weighted by molar-refractivity contribution is 5.95. The zero-order valence-electron chi connectivity index (χ0n) is 8.84. The Morgan fingerprint density at radius 3 is 2.80 bits per heavy atom. The van der Waals surface area contributed by atoms with Gasteiger partial charge < -0.3 is 4.57 Å². The van der Waals surface area contributed by atoms with Crippen LogP contribution in [0.25, 0.3) is 0 Å². The van der Waals surface area contributed by atoms with Gasteiger partial charge in [0.25, 0.3) is 0 Å². The van der Waals surface area contributed by atoms with Gasteiger partial charge >= 0.3 is 0 Å². The maximum Gasteiger partial charge on any atom is 0.185 e. The fraction of sp³-hybridized carbons (Fsp3) is 0.273. The number of aryl methyl sites for hydroxylation is 2. The maximum atomic E-state index is 11.8. The molecule has 15 heavy (non-hydrogen) atoms. The van der Waals surface area contributed by atoms with Gasteiger partial charge in [-0.25, -0.2) is 0 Å². The molecule has 0 N–H and O–H groups in total. The quantitative estimate of drug-likeness (QED) is 0.708. The van der Waals surface area contributed by atoms with Crippen LogP contribution in [0.3, 0.4) is 0 Å². The third-order valence-corrected chi connectivity index (χ3v) is 2.22. The van der Waals surface area contributed by atoms with E-state index in [2.05, 4.69) is 5.10 Å². The monoisotopic (exact) mass is 203 g/mol. The fourth-order valence-electron chi connectivity index (χ4n) is 1.46. The van der Waals surface area contributed by atoms with Crippen molar-refractivity contribution in [3.63, 3.8) is 0 Å². The van der Waals surface area contributed by atoms with Crippen molar-refractivity contribution in [2.45, 2.75) is 13.5 Å². The molecule has 0 saturated heterocycles. The van der Waals surface area contributed by atoms with Gasteiger partial charge in [0.1, 0.15) is 6.54 Å².